The Morgan fingerprint density at radius 2 is 2.27 bits per heavy atom. The molecule has 1 amide bonds. The highest BCUT2D eigenvalue weighted by Gasteiger charge is 2.18. The van der Waals surface area contributed by atoms with E-state index >= 15 is 0 Å². The van der Waals surface area contributed by atoms with Crippen molar-refractivity contribution in [3.63, 3.8) is 0 Å². The minimum atomic E-state index is -0.382. The van der Waals surface area contributed by atoms with E-state index in [1.54, 1.807) is 18.2 Å². The van der Waals surface area contributed by atoms with Gasteiger partial charge in [-0.1, -0.05) is 18.7 Å². The van der Waals surface area contributed by atoms with E-state index < -0.39 is 0 Å². The fourth-order valence-electron chi connectivity index (χ4n) is 2.64. The molecular weight excluding hydrogens is 333 g/mol. The first-order valence-electron chi connectivity index (χ1n) is 8.47. The summed E-state index contributed by atoms with van der Waals surface area (Å²) in [5, 5.41) is 11.2. The molecule has 6 heteroatoms. The van der Waals surface area contributed by atoms with Crippen LogP contribution in [0.15, 0.2) is 54.4 Å². The fraction of sp³-hybridized carbons (Fsp3) is 0.300. The maximum atomic E-state index is 13.0. The van der Waals surface area contributed by atoms with E-state index in [2.05, 4.69) is 11.9 Å². The Labute approximate surface area is 152 Å². The minimum absolute atomic E-state index is 0.0523. The monoisotopic (exact) mass is 357 g/mol. The number of carbonyl (C=O) groups is 1. The van der Waals surface area contributed by atoms with Crippen molar-refractivity contribution in [3.8, 4) is 0 Å². The van der Waals surface area contributed by atoms with Gasteiger partial charge >= 0.3 is 0 Å². The maximum Gasteiger partial charge on any atom is 0.251 e. The lowest BCUT2D eigenvalue weighted by atomic mass is 9.98. The van der Waals surface area contributed by atoms with Gasteiger partial charge in [-0.3, -0.25) is 10.2 Å². The van der Waals surface area contributed by atoms with E-state index in [-0.39, 0.29) is 23.5 Å². The molecule has 1 aromatic carbocycles. The molecule has 138 valence electrons. The van der Waals surface area contributed by atoms with E-state index in [0.29, 0.717) is 28.9 Å². The lowest BCUT2D eigenvalue weighted by Crippen LogP contribution is -2.31. The van der Waals surface area contributed by atoms with Crippen LogP contribution in [0.25, 0.3) is 0 Å². The number of halogens is 1. The Morgan fingerprint density at radius 3 is 2.88 bits per heavy atom. The van der Waals surface area contributed by atoms with Gasteiger partial charge in [0, 0.05) is 30.0 Å². The van der Waals surface area contributed by atoms with Crippen molar-refractivity contribution in [1.82, 2.24) is 5.32 Å². The zero-order valence-corrected chi connectivity index (χ0v) is 14.8. The lowest BCUT2D eigenvalue weighted by Gasteiger charge is -2.13. The molecule has 1 aromatic rings. The third kappa shape index (κ3) is 5.13. The second-order valence-corrected chi connectivity index (χ2v) is 6.10. The molecule has 1 fully saturated rings. The summed E-state index contributed by atoms with van der Waals surface area (Å²) in [6, 6.07) is 4.76. The van der Waals surface area contributed by atoms with Crippen LogP contribution in [0, 0.1) is 5.41 Å². The average molecular weight is 357 g/mol. The number of anilines is 1. The Morgan fingerprint density at radius 1 is 1.50 bits per heavy atom. The molecule has 1 saturated heterocycles. The molecule has 0 spiro atoms. The predicted molar refractivity (Wildman–Crippen MR) is 102 cm³/mol. The Hall–Kier alpha value is -2.73. The van der Waals surface area contributed by atoms with Crippen molar-refractivity contribution in [1.29, 1.82) is 5.41 Å². The van der Waals surface area contributed by atoms with Gasteiger partial charge in [-0.2, -0.15) is 0 Å². The zero-order valence-electron chi connectivity index (χ0n) is 14.8. The number of benzene rings is 1. The number of carbonyl (C=O) groups excluding carboxylic acids is 1. The Kier molecular flexibility index (Phi) is 6.86. The molecule has 2 rings (SSSR count). The summed E-state index contributed by atoms with van der Waals surface area (Å²) in [6.45, 7) is 6.15. The molecule has 0 aliphatic carbocycles. The summed E-state index contributed by atoms with van der Waals surface area (Å²) in [4.78, 5) is 12.4. The highest BCUT2D eigenvalue weighted by Crippen LogP contribution is 2.19. The normalized spacial score (nSPS) is 17.8. The van der Waals surface area contributed by atoms with Crippen LogP contribution >= 0.6 is 0 Å². The van der Waals surface area contributed by atoms with E-state index in [1.165, 1.54) is 25.2 Å². The van der Waals surface area contributed by atoms with Gasteiger partial charge in [0.2, 0.25) is 0 Å². The zero-order chi connectivity index (χ0) is 19.1. The van der Waals surface area contributed by atoms with Crippen molar-refractivity contribution < 1.29 is 13.9 Å². The summed E-state index contributed by atoms with van der Waals surface area (Å²) in [7, 11) is 0. The van der Waals surface area contributed by atoms with Crippen molar-refractivity contribution in [2.75, 3.05) is 18.9 Å². The molecule has 0 radical (unpaired) electrons. The summed E-state index contributed by atoms with van der Waals surface area (Å²) in [5.74, 6) is -0.634. The maximum absolute atomic E-state index is 13.0. The number of nitrogens with two attached hydrogens (primary N) is 1. The molecular formula is C20H24FN3O2. The van der Waals surface area contributed by atoms with Crippen LogP contribution in [-0.2, 0) is 4.74 Å². The van der Waals surface area contributed by atoms with Gasteiger partial charge in [0.05, 0.1) is 17.6 Å². The number of amides is 1. The van der Waals surface area contributed by atoms with E-state index in [9.17, 15) is 9.18 Å². The SMILES string of the molecule is C=C/C(=C\C=C(/C)F)C(=N)c1cc(C(=O)NCC2CCCO2)ccc1N. The van der Waals surface area contributed by atoms with Crippen molar-refractivity contribution in [2.24, 2.45) is 0 Å². The molecule has 1 unspecified atom stereocenters. The molecule has 0 bridgehead atoms. The number of nitrogens with one attached hydrogen (secondary N) is 2. The Balaban J connectivity index is 2.18. The van der Waals surface area contributed by atoms with Crippen LogP contribution in [0.4, 0.5) is 10.1 Å². The highest BCUT2D eigenvalue weighted by atomic mass is 19.1. The highest BCUT2D eigenvalue weighted by molar-refractivity contribution is 6.16. The van der Waals surface area contributed by atoms with E-state index in [0.717, 1.165) is 19.4 Å². The number of hydrogen-bond donors (Lipinski definition) is 3. The van der Waals surface area contributed by atoms with Crippen molar-refractivity contribution >= 4 is 17.3 Å². The quantitative estimate of drug-likeness (QED) is 0.396. The second kappa shape index (κ2) is 9.10. The summed E-state index contributed by atoms with van der Waals surface area (Å²) >= 11 is 0. The van der Waals surface area contributed by atoms with Crippen LogP contribution in [0.2, 0.25) is 0 Å². The molecule has 1 aliphatic rings. The van der Waals surface area contributed by atoms with Gasteiger partial charge in [-0.25, -0.2) is 4.39 Å². The van der Waals surface area contributed by atoms with Gasteiger partial charge in [0.25, 0.3) is 5.91 Å². The van der Waals surface area contributed by atoms with Crippen LogP contribution in [0.1, 0.15) is 35.7 Å². The third-order valence-electron chi connectivity index (χ3n) is 4.10. The first-order chi connectivity index (χ1) is 12.4. The van der Waals surface area contributed by atoms with Gasteiger partial charge in [0.1, 0.15) is 0 Å². The average Bonchev–Trinajstić information content (AvgIpc) is 3.13. The molecule has 5 nitrogen and oxygen atoms in total. The smallest absolute Gasteiger partial charge is 0.251 e. The van der Waals surface area contributed by atoms with E-state index in [4.69, 9.17) is 15.9 Å². The molecule has 1 atom stereocenters. The van der Waals surface area contributed by atoms with Gasteiger partial charge in [0.15, 0.2) is 0 Å². The molecule has 26 heavy (non-hydrogen) atoms. The standard InChI is InChI=1S/C20H24FN3O2/c1-3-14(7-6-13(2)21)19(23)17-11-15(8-9-18(17)22)20(25)24-12-16-5-4-10-26-16/h3,6-9,11,16,23H,1,4-5,10,12,22H2,2H3,(H,24,25)/b13-6+,14-7+,23-19?. The van der Waals surface area contributed by atoms with Gasteiger partial charge in [-0.15, -0.1) is 0 Å². The van der Waals surface area contributed by atoms with Crippen molar-refractivity contribution in [2.45, 2.75) is 25.9 Å². The molecule has 0 aromatic heterocycles. The van der Waals surface area contributed by atoms with Crippen LogP contribution in [0.3, 0.4) is 0 Å². The lowest BCUT2D eigenvalue weighted by molar-refractivity contribution is 0.0858. The molecule has 0 saturated carbocycles. The summed E-state index contributed by atoms with van der Waals surface area (Å²) < 4.78 is 18.4. The summed E-state index contributed by atoms with van der Waals surface area (Å²) in [6.07, 6.45) is 6.15. The predicted octanol–water partition coefficient (Wildman–Crippen LogP) is 3.53. The number of allylic oxidation sites excluding steroid dienone is 5. The Bertz CT molecular complexity index is 758. The molecule has 1 heterocycles. The topological polar surface area (TPSA) is 88.2 Å². The van der Waals surface area contributed by atoms with Crippen molar-refractivity contribution in [3.05, 3.63) is 65.5 Å². The van der Waals surface area contributed by atoms with Gasteiger partial charge < -0.3 is 15.8 Å². The fourth-order valence-corrected chi connectivity index (χ4v) is 2.64. The number of hydrogen-bond acceptors (Lipinski definition) is 4. The number of rotatable bonds is 7. The largest absolute Gasteiger partial charge is 0.398 e. The van der Waals surface area contributed by atoms with Crippen LogP contribution < -0.4 is 11.1 Å². The number of ether oxygens (including phenoxy) is 1. The first-order valence-corrected chi connectivity index (χ1v) is 8.47. The van der Waals surface area contributed by atoms with Crippen LogP contribution in [-0.4, -0.2) is 30.9 Å². The number of nitrogen functional groups attached to an aromatic ring is 1. The molecule has 4 N–H and O–H groups in total. The van der Waals surface area contributed by atoms with E-state index in [1.807, 2.05) is 0 Å². The van der Waals surface area contributed by atoms with Crippen LogP contribution in [0.5, 0.6) is 0 Å². The summed E-state index contributed by atoms with van der Waals surface area (Å²) in [5.41, 5.74) is 7.61. The molecule has 1 aliphatic heterocycles. The minimum Gasteiger partial charge on any atom is -0.398 e. The second-order valence-electron chi connectivity index (χ2n) is 6.10. The third-order valence-corrected chi connectivity index (χ3v) is 4.10. The first kappa shape index (κ1) is 19.6. The van der Waals surface area contributed by atoms with Gasteiger partial charge in [-0.05, 0) is 49.6 Å².